The molecule has 1 aromatic rings. The number of aryl methyl sites for hydroxylation is 1. The van der Waals surface area contributed by atoms with Crippen LogP contribution in [0.5, 0.6) is 0 Å². The Kier molecular flexibility index (Phi) is 4.51. The highest BCUT2D eigenvalue weighted by molar-refractivity contribution is 9.10. The molecule has 18 heavy (non-hydrogen) atoms. The Morgan fingerprint density at radius 1 is 1.17 bits per heavy atom. The molecule has 0 aliphatic rings. The summed E-state index contributed by atoms with van der Waals surface area (Å²) in [5.74, 6) is -1.28. The molecule has 1 rings (SSSR count). The molecule has 0 unspecified atom stereocenters. The topological polar surface area (TPSA) is 52.6 Å². The lowest BCUT2D eigenvalue weighted by molar-refractivity contribution is -0.161. The Labute approximate surface area is 114 Å². The first-order valence-electron chi connectivity index (χ1n) is 5.31. The highest BCUT2D eigenvalue weighted by atomic mass is 79.9. The van der Waals surface area contributed by atoms with Gasteiger partial charge in [0, 0.05) is 4.47 Å². The van der Waals surface area contributed by atoms with Crippen LogP contribution < -0.4 is 0 Å². The van der Waals surface area contributed by atoms with E-state index in [4.69, 9.17) is 9.47 Å². The van der Waals surface area contributed by atoms with Gasteiger partial charge in [-0.15, -0.1) is 0 Å². The highest BCUT2D eigenvalue weighted by Gasteiger charge is 2.46. The summed E-state index contributed by atoms with van der Waals surface area (Å²) in [6.45, 7) is 3.32. The molecule has 0 saturated heterocycles. The van der Waals surface area contributed by atoms with Gasteiger partial charge in [-0.3, -0.25) is 9.59 Å². The smallest absolute Gasteiger partial charge is 0.327 e. The van der Waals surface area contributed by atoms with Gasteiger partial charge in [-0.05, 0) is 37.1 Å². The van der Waals surface area contributed by atoms with E-state index in [1.54, 1.807) is 12.1 Å². The van der Waals surface area contributed by atoms with Crippen molar-refractivity contribution in [1.82, 2.24) is 0 Å². The second-order valence-electron chi connectivity index (χ2n) is 4.07. The Balaban J connectivity index is 3.44. The number of halogens is 1. The molecule has 0 saturated carbocycles. The Morgan fingerprint density at radius 2 is 1.67 bits per heavy atom. The average molecular weight is 315 g/mol. The molecule has 0 spiro atoms. The lowest BCUT2D eigenvalue weighted by atomic mass is 9.80. The third-order valence-corrected chi connectivity index (χ3v) is 3.41. The number of methoxy groups -OCH3 is 2. The maximum Gasteiger partial charge on any atom is 0.327 e. The fraction of sp³-hybridized carbons (Fsp3) is 0.385. The van der Waals surface area contributed by atoms with Crippen molar-refractivity contribution in [3.63, 3.8) is 0 Å². The summed E-state index contributed by atoms with van der Waals surface area (Å²) < 4.78 is 10.3. The molecule has 4 nitrogen and oxygen atoms in total. The first-order chi connectivity index (χ1) is 8.37. The van der Waals surface area contributed by atoms with Gasteiger partial charge in [-0.1, -0.05) is 22.0 Å². The van der Waals surface area contributed by atoms with E-state index in [1.165, 1.54) is 21.1 Å². The first kappa shape index (κ1) is 14.7. The molecular formula is C13H15BrO4. The number of benzene rings is 1. The predicted molar refractivity (Wildman–Crippen MR) is 70.3 cm³/mol. The molecule has 5 heteroatoms. The van der Waals surface area contributed by atoms with Crippen molar-refractivity contribution in [3.8, 4) is 0 Å². The van der Waals surface area contributed by atoms with Crippen LogP contribution in [-0.4, -0.2) is 26.2 Å². The van der Waals surface area contributed by atoms with Crippen LogP contribution in [0, 0.1) is 6.92 Å². The standard InChI is InChI=1S/C13H15BrO4/c1-8-7-9(14)5-6-10(8)13(2,11(15)17-3)12(16)18-4/h5-7H,1-4H3. The highest BCUT2D eigenvalue weighted by Crippen LogP contribution is 2.31. The van der Waals surface area contributed by atoms with Crippen molar-refractivity contribution in [1.29, 1.82) is 0 Å². The predicted octanol–water partition coefficient (Wildman–Crippen LogP) is 2.36. The van der Waals surface area contributed by atoms with Crippen molar-refractivity contribution in [3.05, 3.63) is 33.8 Å². The summed E-state index contributed by atoms with van der Waals surface area (Å²) in [6.07, 6.45) is 0. The molecule has 0 aliphatic carbocycles. The largest absolute Gasteiger partial charge is 0.468 e. The molecule has 0 aliphatic heterocycles. The molecule has 98 valence electrons. The fourth-order valence-electron chi connectivity index (χ4n) is 1.90. The van der Waals surface area contributed by atoms with Crippen LogP contribution in [0.3, 0.4) is 0 Å². The van der Waals surface area contributed by atoms with E-state index in [2.05, 4.69) is 15.9 Å². The minimum Gasteiger partial charge on any atom is -0.468 e. The van der Waals surface area contributed by atoms with Gasteiger partial charge in [0.25, 0.3) is 0 Å². The zero-order valence-electron chi connectivity index (χ0n) is 10.7. The summed E-state index contributed by atoms with van der Waals surface area (Å²) in [4.78, 5) is 23.9. The number of hydrogen-bond acceptors (Lipinski definition) is 4. The quantitative estimate of drug-likeness (QED) is 0.635. The summed E-state index contributed by atoms with van der Waals surface area (Å²) in [5, 5.41) is 0. The third-order valence-electron chi connectivity index (χ3n) is 2.91. The summed E-state index contributed by atoms with van der Waals surface area (Å²) in [5.41, 5.74) is -0.0686. The van der Waals surface area contributed by atoms with Gasteiger partial charge >= 0.3 is 11.9 Å². The van der Waals surface area contributed by atoms with Gasteiger partial charge in [0.2, 0.25) is 0 Å². The van der Waals surface area contributed by atoms with E-state index >= 15 is 0 Å². The lowest BCUT2D eigenvalue weighted by Gasteiger charge is -2.25. The molecule has 0 N–H and O–H groups in total. The molecule has 0 atom stereocenters. The second kappa shape index (κ2) is 5.52. The molecule has 0 bridgehead atoms. The molecule has 0 radical (unpaired) electrons. The number of esters is 2. The SMILES string of the molecule is COC(=O)C(C)(C(=O)OC)c1ccc(Br)cc1C. The van der Waals surface area contributed by atoms with Gasteiger partial charge in [-0.25, -0.2) is 0 Å². The molecule has 0 amide bonds. The molecule has 0 fully saturated rings. The molecule has 0 aromatic heterocycles. The Bertz CT molecular complexity index is 466. The number of carbonyl (C=O) groups is 2. The monoisotopic (exact) mass is 314 g/mol. The van der Waals surface area contributed by atoms with Gasteiger partial charge in [0.05, 0.1) is 14.2 Å². The van der Waals surface area contributed by atoms with Crippen molar-refractivity contribution < 1.29 is 19.1 Å². The molecular weight excluding hydrogens is 300 g/mol. The van der Waals surface area contributed by atoms with E-state index in [9.17, 15) is 9.59 Å². The van der Waals surface area contributed by atoms with Gasteiger partial charge in [0.15, 0.2) is 5.41 Å². The van der Waals surface area contributed by atoms with E-state index in [-0.39, 0.29) is 0 Å². The van der Waals surface area contributed by atoms with Crippen molar-refractivity contribution in [2.75, 3.05) is 14.2 Å². The number of hydrogen-bond donors (Lipinski definition) is 0. The van der Waals surface area contributed by atoms with Crippen molar-refractivity contribution in [2.24, 2.45) is 0 Å². The van der Waals surface area contributed by atoms with E-state index in [0.29, 0.717) is 5.56 Å². The van der Waals surface area contributed by atoms with E-state index in [1.807, 2.05) is 13.0 Å². The lowest BCUT2D eigenvalue weighted by Crippen LogP contribution is -2.43. The molecule has 0 heterocycles. The maximum atomic E-state index is 11.9. The van der Waals surface area contributed by atoms with Gasteiger partial charge < -0.3 is 9.47 Å². The van der Waals surface area contributed by atoms with Crippen LogP contribution in [0.2, 0.25) is 0 Å². The number of carbonyl (C=O) groups excluding carboxylic acids is 2. The van der Waals surface area contributed by atoms with Crippen LogP contribution >= 0.6 is 15.9 Å². The Hall–Kier alpha value is -1.36. The van der Waals surface area contributed by atoms with Crippen LogP contribution in [0.1, 0.15) is 18.1 Å². The maximum absolute atomic E-state index is 11.9. The zero-order valence-corrected chi connectivity index (χ0v) is 12.3. The van der Waals surface area contributed by atoms with Crippen LogP contribution in [0.25, 0.3) is 0 Å². The number of rotatable bonds is 3. The summed E-state index contributed by atoms with van der Waals surface area (Å²) in [7, 11) is 2.50. The van der Waals surface area contributed by atoms with E-state index < -0.39 is 17.4 Å². The van der Waals surface area contributed by atoms with Crippen molar-refractivity contribution >= 4 is 27.9 Å². The van der Waals surface area contributed by atoms with Gasteiger partial charge in [-0.2, -0.15) is 0 Å². The normalized spacial score (nSPS) is 10.9. The van der Waals surface area contributed by atoms with E-state index in [0.717, 1.165) is 10.0 Å². The zero-order chi connectivity index (χ0) is 13.9. The van der Waals surface area contributed by atoms with Gasteiger partial charge in [0.1, 0.15) is 0 Å². The van der Waals surface area contributed by atoms with Crippen LogP contribution in [0.15, 0.2) is 22.7 Å². The average Bonchev–Trinajstić information content (AvgIpc) is 2.35. The summed E-state index contributed by atoms with van der Waals surface area (Å²) in [6, 6.07) is 5.32. The summed E-state index contributed by atoms with van der Waals surface area (Å²) >= 11 is 3.34. The Morgan fingerprint density at radius 3 is 2.06 bits per heavy atom. The molecule has 1 aromatic carbocycles. The van der Waals surface area contributed by atoms with Crippen LogP contribution in [-0.2, 0) is 24.5 Å². The first-order valence-corrected chi connectivity index (χ1v) is 6.10. The third kappa shape index (κ3) is 2.41. The minimum absolute atomic E-state index is 0.574. The second-order valence-corrected chi connectivity index (χ2v) is 4.98. The van der Waals surface area contributed by atoms with Crippen LogP contribution in [0.4, 0.5) is 0 Å². The fourth-order valence-corrected chi connectivity index (χ4v) is 2.38. The minimum atomic E-state index is -1.45. The number of ether oxygens (including phenoxy) is 2. The van der Waals surface area contributed by atoms with Crippen molar-refractivity contribution in [2.45, 2.75) is 19.3 Å².